The normalized spacial score (nSPS) is 35.7. The summed E-state index contributed by atoms with van der Waals surface area (Å²) in [6.45, 7) is 1.49. The second-order valence-corrected chi connectivity index (χ2v) is 2.29. The van der Waals surface area contributed by atoms with E-state index in [-0.39, 0.29) is 0 Å². The minimum absolute atomic E-state index is 0.461. The van der Waals surface area contributed by atoms with Crippen molar-refractivity contribution in [2.24, 2.45) is 0 Å². The molecule has 0 aromatic rings. The largest absolute Gasteiger partial charge is 0.417 e. The van der Waals surface area contributed by atoms with Gasteiger partial charge in [0.25, 0.3) is 0 Å². The summed E-state index contributed by atoms with van der Waals surface area (Å²) in [5.41, 5.74) is 0. The number of aliphatic hydroxyl groups is 1. The van der Waals surface area contributed by atoms with Crippen LogP contribution in [0.15, 0.2) is 0 Å². The Hall–Kier alpha value is -0.290. The van der Waals surface area contributed by atoms with E-state index >= 15 is 0 Å². The SMILES string of the molecule is C[C@@H]1O[C@@H]1[C@H](O)C(F)(F)F. The summed E-state index contributed by atoms with van der Waals surface area (Å²) in [7, 11) is 0. The lowest BCUT2D eigenvalue weighted by Gasteiger charge is -2.10. The standard InChI is InChI=1S/C5H7F3O2/c1-2-3(10-2)4(9)5(6,7)8/h2-4,9H,1H3/t2-,3-,4-/m0/s1. The minimum atomic E-state index is -4.55. The second kappa shape index (κ2) is 2.10. The van der Waals surface area contributed by atoms with E-state index in [9.17, 15) is 13.2 Å². The van der Waals surface area contributed by atoms with Gasteiger partial charge in [0.05, 0.1) is 6.10 Å². The smallest absolute Gasteiger partial charge is 0.381 e. The Morgan fingerprint density at radius 1 is 1.50 bits per heavy atom. The molecule has 3 atom stereocenters. The van der Waals surface area contributed by atoms with Gasteiger partial charge in [-0.3, -0.25) is 0 Å². The van der Waals surface area contributed by atoms with Gasteiger partial charge in [-0.25, -0.2) is 0 Å². The third-order valence-corrected chi connectivity index (χ3v) is 1.40. The first-order chi connectivity index (χ1) is 4.43. The maximum atomic E-state index is 11.6. The summed E-state index contributed by atoms with van der Waals surface area (Å²) in [4.78, 5) is 0. The van der Waals surface area contributed by atoms with Crippen molar-refractivity contribution in [3.05, 3.63) is 0 Å². The number of epoxide rings is 1. The molecule has 1 aliphatic rings. The van der Waals surface area contributed by atoms with E-state index in [1.807, 2.05) is 0 Å². The number of hydrogen-bond donors (Lipinski definition) is 1. The van der Waals surface area contributed by atoms with Gasteiger partial charge >= 0.3 is 6.18 Å². The zero-order valence-electron chi connectivity index (χ0n) is 5.22. The molecule has 0 spiro atoms. The fourth-order valence-corrected chi connectivity index (χ4v) is 0.720. The fourth-order valence-electron chi connectivity index (χ4n) is 0.720. The molecule has 1 fully saturated rings. The molecule has 0 bridgehead atoms. The zero-order chi connectivity index (χ0) is 7.94. The number of aliphatic hydroxyl groups excluding tert-OH is 1. The van der Waals surface area contributed by atoms with Crippen molar-refractivity contribution in [1.82, 2.24) is 0 Å². The van der Waals surface area contributed by atoms with Gasteiger partial charge in [0, 0.05) is 0 Å². The minimum Gasteiger partial charge on any atom is -0.381 e. The lowest BCUT2D eigenvalue weighted by molar-refractivity contribution is -0.208. The molecule has 1 aliphatic heterocycles. The molecule has 0 saturated carbocycles. The van der Waals surface area contributed by atoms with Crippen LogP contribution in [0.5, 0.6) is 0 Å². The first-order valence-electron chi connectivity index (χ1n) is 2.83. The second-order valence-electron chi connectivity index (χ2n) is 2.29. The van der Waals surface area contributed by atoms with Crippen molar-refractivity contribution in [1.29, 1.82) is 0 Å². The molecule has 0 aromatic heterocycles. The molecule has 2 nitrogen and oxygen atoms in total. The van der Waals surface area contributed by atoms with Crippen molar-refractivity contribution in [3.8, 4) is 0 Å². The molecule has 1 N–H and O–H groups in total. The Morgan fingerprint density at radius 3 is 2.00 bits per heavy atom. The van der Waals surface area contributed by atoms with E-state index in [4.69, 9.17) is 5.11 Å². The lowest BCUT2D eigenvalue weighted by Crippen LogP contribution is -2.34. The maximum absolute atomic E-state index is 11.6. The van der Waals surface area contributed by atoms with Crippen LogP contribution in [0.3, 0.4) is 0 Å². The Kier molecular flexibility index (Phi) is 1.64. The number of rotatable bonds is 1. The summed E-state index contributed by atoms with van der Waals surface area (Å²) in [5, 5.41) is 8.45. The van der Waals surface area contributed by atoms with Crippen LogP contribution in [-0.4, -0.2) is 29.6 Å². The lowest BCUT2D eigenvalue weighted by atomic mass is 10.2. The van der Waals surface area contributed by atoms with Crippen LogP contribution in [0.25, 0.3) is 0 Å². The highest BCUT2D eigenvalue weighted by Gasteiger charge is 2.53. The predicted molar refractivity (Wildman–Crippen MR) is 26.4 cm³/mol. The van der Waals surface area contributed by atoms with E-state index in [0.717, 1.165) is 0 Å². The number of ether oxygens (including phenoxy) is 1. The average Bonchev–Trinajstić information content (AvgIpc) is 2.42. The topological polar surface area (TPSA) is 32.8 Å². The van der Waals surface area contributed by atoms with Crippen LogP contribution < -0.4 is 0 Å². The van der Waals surface area contributed by atoms with Gasteiger partial charge in [-0.2, -0.15) is 13.2 Å². The predicted octanol–water partition coefficient (Wildman–Crippen LogP) is 0.697. The summed E-state index contributed by atoms with van der Waals surface area (Å²) in [5.74, 6) is 0. The highest BCUT2D eigenvalue weighted by molar-refractivity contribution is 4.90. The van der Waals surface area contributed by atoms with Gasteiger partial charge in [0.2, 0.25) is 0 Å². The molecular weight excluding hydrogens is 149 g/mol. The third-order valence-electron chi connectivity index (χ3n) is 1.40. The number of alkyl halides is 3. The van der Waals surface area contributed by atoms with Crippen molar-refractivity contribution in [2.75, 3.05) is 0 Å². The first kappa shape index (κ1) is 7.81. The zero-order valence-corrected chi connectivity index (χ0v) is 5.22. The van der Waals surface area contributed by atoms with Crippen molar-refractivity contribution in [2.45, 2.75) is 31.4 Å². The van der Waals surface area contributed by atoms with Gasteiger partial charge in [0.15, 0.2) is 6.10 Å². The molecule has 0 aromatic carbocycles. The van der Waals surface area contributed by atoms with Crippen LogP contribution in [0.1, 0.15) is 6.92 Å². The van der Waals surface area contributed by atoms with Gasteiger partial charge in [-0.1, -0.05) is 0 Å². The van der Waals surface area contributed by atoms with E-state index < -0.39 is 24.5 Å². The fraction of sp³-hybridized carbons (Fsp3) is 1.00. The van der Waals surface area contributed by atoms with Gasteiger partial charge in [-0.05, 0) is 6.92 Å². The molecule has 0 aliphatic carbocycles. The van der Waals surface area contributed by atoms with Crippen LogP contribution >= 0.6 is 0 Å². The highest BCUT2D eigenvalue weighted by atomic mass is 19.4. The summed E-state index contributed by atoms with van der Waals surface area (Å²) < 4.78 is 39.2. The quantitative estimate of drug-likeness (QED) is 0.567. The van der Waals surface area contributed by atoms with E-state index in [1.165, 1.54) is 6.92 Å². The molecule has 60 valence electrons. The molecule has 0 radical (unpaired) electrons. The number of hydrogen-bond acceptors (Lipinski definition) is 2. The Balaban J connectivity index is 2.42. The summed E-state index contributed by atoms with van der Waals surface area (Å²) in [6, 6.07) is 0. The van der Waals surface area contributed by atoms with Crippen LogP contribution in [0.4, 0.5) is 13.2 Å². The molecule has 5 heteroatoms. The van der Waals surface area contributed by atoms with Crippen molar-refractivity contribution in [3.63, 3.8) is 0 Å². The molecule has 0 unspecified atom stereocenters. The average molecular weight is 156 g/mol. The first-order valence-corrected chi connectivity index (χ1v) is 2.83. The Bertz CT molecular complexity index is 133. The van der Waals surface area contributed by atoms with Crippen LogP contribution in [-0.2, 0) is 4.74 Å². The molecule has 1 saturated heterocycles. The van der Waals surface area contributed by atoms with Gasteiger partial charge in [-0.15, -0.1) is 0 Å². The van der Waals surface area contributed by atoms with E-state index in [2.05, 4.69) is 4.74 Å². The van der Waals surface area contributed by atoms with E-state index in [1.54, 1.807) is 0 Å². The van der Waals surface area contributed by atoms with Crippen LogP contribution in [0, 0.1) is 0 Å². The maximum Gasteiger partial charge on any atom is 0.417 e. The molecular formula is C5H7F3O2. The van der Waals surface area contributed by atoms with Gasteiger partial charge < -0.3 is 9.84 Å². The monoisotopic (exact) mass is 156 g/mol. The highest BCUT2D eigenvalue weighted by Crippen LogP contribution is 2.33. The third kappa shape index (κ3) is 1.41. The summed E-state index contributed by atoms with van der Waals surface area (Å²) in [6.07, 6.45) is -8.37. The van der Waals surface area contributed by atoms with Crippen LogP contribution in [0.2, 0.25) is 0 Å². The number of halogens is 3. The van der Waals surface area contributed by atoms with Crippen molar-refractivity contribution < 1.29 is 23.0 Å². The van der Waals surface area contributed by atoms with E-state index in [0.29, 0.717) is 0 Å². The Morgan fingerprint density at radius 2 is 1.90 bits per heavy atom. The van der Waals surface area contributed by atoms with Gasteiger partial charge in [0.1, 0.15) is 6.10 Å². The van der Waals surface area contributed by atoms with Crippen molar-refractivity contribution >= 4 is 0 Å². The molecule has 10 heavy (non-hydrogen) atoms. The molecule has 0 amide bonds. The summed E-state index contributed by atoms with van der Waals surface area (Å²) >= 11 is 0. The molecule has 1 rings (SSSR count). The Labute approximate surface area is 55.6 Å². The molecule has 1 heterocycles.